The molecule has 0 aliphatic heterocycles. The molecule has 1 aromatic carbocycles. The first-order valence-corrected chi connectivity index (χ1v) is 7.82. The summed E-state index contributed by atoms with van der Waals surface area (Å²) in [5, 5.41) is 4.24. The predicted molar refractivity (Wildman–Crippen MR) is 92.4 cm³/mol. The van der Waals surface area contributed by atoms with Crippen LogP contribution in [0.3, 0.4) is 0 Å². The number of aromatic nitrogens is 2. The average Bonchev–Trinajstić information content (AvgIpc) is 2.77. The Labute approximate surface area is 133 Å². The molecule has 0 fully saturated rings. The molecule has 0 N–H and O–H groups in total. The molecule has 0 spiro atoms. The minimum absolute atomic E-state index is 0.205. The lowest BCUT2D eigenvalue weighted by molar-refractivity contribution is 0.626. The van der Waals surface area contributed by atoms with Gasteiger partial charge in [-0.3, -0.25) is 4.68 Å². The zero-order valence-electron chi connectivity index (χ0n) is 14.4. The van der Waals surface area contributed by atoms with Crippen molar-refractivity contribution in [2.75, 3.05) is 0 Å². The number of hydrogen-bond acceptors (Lipinski definition) is 1. The number of nitrogens with zero attached hydrogens (tertiary/aromatic N) is 2. The van der Waals surface area contributed by atoms with Gasteiger partial charge in [0.25, 0.3) is 0 Å². The third kappa shape index (κ3) is 5.47. The lowest BCUT2D eigenvalue weighted by atomic mass is 10.1. The number of halogens is 1. The van der Waals surface area contributed by atoms with Crippen LogP contribution in [0.1, 0.15) is 44.4 Å². The van der Waals surface area contributed by atoms with E-state index < -0.39 is 0 Å². The van der Waals surface area contributed by atoms with Gasteiger partial charge in [0, 0.05) is 12.6 Å². The molecule has 0 atom stereocenters. The fourth-order valence-electron chi connectivity index (χ4n) is 2.30. The topological polar surface area (TPSA) is 17.8 Å². The van der Waals surface area contributed by atoms with Crippen molar-refractivity contribution in [3.05, 3.63) is 53.5 Å². The van der Waals surface area contributed by atoms with E-state index in [0.29, 0.717) is 0 Å². The summed E-state index contributed by atoms with van der Waals surface area (Å²) in [6.45, 7) is 12.0. The zero-order valence-corrected chi connectivity index (χ0v) is 14.4. The summed E-state index contributed by atoms with van der Waals surface area (Å²) < 4.78 is 15.0. The highest BCUT2D eigenvalue weighted by Crippen LogP contribution is 2.22. The van der Waals surface area contributed by atoms with Gasteiger partial charge in [0.15, 0.2) is 0 Å². The van der Waals surface area contributed by atoms with Crippen molar-refractivity contribution in [1.82, 2.24) is 9.78 Å². The number of benzene rings is 1. The summed E-state index contributed by atoms with van der Waals surface area (Å²) in [7, 11) is 1.86. The van der Waals surface area contributed by atoms with Crippen LogP contribution in [0.25, 0.3) is 11.3 Å². The number of aryl methyl sites for hydroxylation is 3. The minimum atomic E-state index is -0.205. The standard InChI is InChI=1S/C12H13FN2.C7H14/c1-8-4-10(7-11(13)5-8)12-6-9(2)14-15(12)3;1-4-6-7(3)5-2/h4-7H,1-3H3;3-6H2,1-2H3. The van der Waals surface area contributed by atoms with Crippen molar-refractivity contribution in [3.63, 3.8) is 0 Å². The Bertz CT molecular complexity index is 606. The zero-order chi connectivity index (χ0) is 16.7. The molecular weight excluding hydrogens is 275 g/mol. The third-order valence-corrected chi connectivity index (χ3v) is 3.44. The van der Waals surface area contributed by atoms with Gasteiger partial charge in [-0.25, -0.2) is 4.39 Å². The smallest absolute Gasteiger partial charge is 0.124 e. The van der Waals surface area contributed by atoms with Crippen LogP contribution in [-0.4, -0.2) is 9.78 Å². The van der Waals surface area contributed by atoms with E-state index in [9.17, 15) is 4.39 Å². The van der Waals surface area contributed by atoms with Crippen LogP contribution in [0.5, 0.6) is 0 Å². The highest BCUT2D eigenvalue weighted by Gasteiger charge is 2.06. The molecular formula is C19H27FN2. The molecule has 0 saturated heterocycles. The molecule has 120 valence electrons. The van der Waals surface area contributed by atoms with Crippen molar-refractivity contribution in [1.29, 1.82) is 0 Å². The largest absolute Gasteiger partial charge is 0.268 e. The Balaban J connectivity index is 0.000000295. The first kappa shape index (κ1) is 18.1. The van der Waals surface area contributed by atoms with Gasteiger partial charge >= 0.3 is 0 Å². The molecule has 1 heterocycles. The van der Waals surface area contributed by atoms with Gasteiger partial charge in [-0.1, -0.05) is 32.4 Å². The molecule has 1 aromatic heterocycles. The first-order valence-electron chi connectivity index (χ1n) is 7.82. The van der Waals surface area contributed by atoms with Crippen LogP contribution in [0.2, 0.25) is 0 Å². The monoisotopic (exact) mass is 302 g/mol. The number of hydrogen-bond donors (Lipinski definition) is 0. The average molecular weight is 302 g/mol. The number of rotatable bonds is 4. The van der Waals surface area contributed by atoms with Gasteiger partial charge in [0.1, 0.15) is 5.82 Å². The van der Waals surface area contributed by atoms with Crippen LogP contribution < -0.4 is 0 Å². The SMILES string of the molecule is C=C(CC)CCC.Cc1cc(F)cc(-c2cc(C)nn2C)c1. The highest BCUT2D eigenvalue weighted by molar-refractivity contribution is 5.61. The normalized spacial score (nSPS) is 10.1. The maximum atomic E-state index is 13.2. The maximum Gasteiger partial charge on any atom is 0.124 e. The van der Waals surface area contributed by atoms with E-state index in [1.807, 2.05) is 33.0 Å². The van der Waals surface area contributed by atoms with E-state index >= 15 is 0 Å². The van der Waals surface area contributed by atoms with E-state index in [2.05, 4.69) is 25.5 Å². The van der Waals surface area contributed by atoms with E-state index in [4.69, 9.17) is 0 Å². The molecule has 0 aliphatic rings. The van der Waals surface area contributed by atoms with Crippen molar-refractivity contribution in [3.8, 4) is 11.3 Å². The van der Waals surface area contributed by atoms with Gasteiger partial charge < -0.3 is 0 Å². The van der Waals surface area contributed by atoms with E-state index in [0.717, 1.165) is 28.9 Å². The first-order chi connectivity index (χ1) is 10.4. The maximum absolute atomic E-state index is 13.2. The Morgan fingerprint density at radius 2 is 1.86 bits per heavy atom. The second-order valence-corrected chi connectivity index (χ2v) is 5.67. The van der Waals surface area contributed by atoms with Crippen LogP contribution in [0, 0.1) is 19.7 Å². The van der Waals surface area contributed by atoms with Gasteiger partial charge in [-0.15, -0.1) is 0 Å². The van der Waals surface area contributed by atoms with Gasteiger partial charge in [-0.05, 0) is 56.5 Å². The van der Waals surface area contributed by atoms with Gasteiger partial charge in [-0.2, -0.15) is 5.10 Å². The molecule has 0 radical (unpaired) electrons. The van der Waals surface area contributed by atoms with Crippen LogP contribution in [-0.2, 0) is 7.05 Å². The van der Waals surface area contributed by atoms with Crippen LogP contribution in [0.15, 0.2) is 36.4 Å². The Morgan fingerprint density at radius 3 is 2.27 bits per heavy atom. The summed E-state index contributed by atoms with van der Waals surface area (Å²) in [5.74, 6) is -0.205. The van der Waals surface area contributed by atoms with E-state index in [1.165, 1.54) is 30.5 Å². The van der Waals surface area contributed by atoms with Crippen LogP contribution >= 0.6 is 0 Å². The molecule has 0 amide bonds. The second-order valence-electron chi connectivity index (χ2n) is 5.67. The lowest BCUT2D eigenvalue weighted by Gasteiger charge is -2.03. The highest BCUT2D eigenvalue weighted by atomic mass is 19.1. The molecule has 3 heteroatoms. The lowest BCUT2D eigenvalue weighted by Crippen LogP contribution is -1.94. The third-order valence-electron chi connectivity index (χ3n) is 3.44. The molecule has 2 nitrogen and oxygen atoms in total. The van der Waals surface area contributed by atoms with Gasteiger partial charge in [0.2, 0.25) is 0 Å². The van der Waals surface area contributed by atoms with Crippen molar-refractivity contribution >= 4 is 0 Å². The Hall–Kier alpha value is -1.90. The Kier molecular flexibility index (Phi) is 7.03. The molecule has 0 bridgehead atoms. The molecule has 0 unspecified atom stereocenters. The summed E-state index contributed by atoms with van der Waals surface area (Å²) >= 11 is 0. The molecule has 0 saturated carbocycles. The van der Waals surface area contributed by atoms with Crippen molar-refractivity contribution in [2.24, 2.45) is 7.05 Å². The molecule has 2 rings (SSSR count). The summed E-state index contributed by atoms with van der Waals surface area (Å²) in [6, 6.07) is 6.96. The molecule has 22 heavy (non-hydrogen) atoms. The van der Waals surface area contributed by atoms with E-state index in [1.54, 1.807) is 4.68 Å². The molecule has 2 aromatic rings. The number of allylic oxidation sites excluding steroid dienone is 1. The molecule has 0 aliphatic carbocycles. The summed E-state index contributed by atoms with van der Waals surface area (Å²) in [4.78, 5) is 0. The quantitative estimate of drug-likeness (QED) is 0.673. The fourth-order valence-corrected chi connectivity index (χ4v) is 2.30. The van der Waals surface area contributed by atoms with Crippen molar-refractivity contribution < 1.29 is 4.39 Å². The van der Waals surface area contributed by atoms with E-state index in [-0.39, 0.29) is 5.82 Å². The van der Waals surface area contributed by atoms with Crippen molar-refractivity contribution in [2.45, 2.75) is 47.0 Å². The minimum Gasteiger partial charge on any atom is -0.268 e. The van der Waals surface area contributed by atoms with Gasteiger partial charge in [0.05, 0.1) is 11.4 Å². The predicted octanol–water partition coefficient (Wildman–Crippen LogP) is 5.60. The summed E-state index contributed by atoms with van der Waals surface area (Å²) in [6.07, 6.45) is 3.59. The Morgan fingerprint density at radius 1 is 1.18 bits per heavy atom. The second kappa shape index (κ2) is 8.52. The van der Waals surface area contributed by atoms with Crippen LogP contribution in [0.4, 0.5) is 4.39 Å². The summed E-state index contributed by atoms with van der Waals surface area (Å²) in [5.41, 5.74) is 5.05. The fraction of sp³-hybridized carbons (Fsp3) is 0.421.